The zero-order valence-corrected chi connectivity index (χ0v) is 11.0. The van der Waals surface area contributed by atoms with Crippen LogP contribution in [0.2, 0.25) is 0 Å². The van der Waals surface area contributed by atoms with Crippen molar-refractivity contribution < 1.29 is 4.42 Å². The van der Waals surface area contributed by atoms with Gasteiger partial charge in [-0.15, -0.1) is 11.6 Å². The summed E-state index contributed by atoms with van der Waals surface area (Å²) in [7, 11) is 0. The number of hydrogen-bond donors (Lipinski definition) is 1. The molecule has 1 heterocycles. The molecule has 0 aliphatic carbocycles. The lowest BCUT2D eigenvalue weighted by Crippen LogP contribution is -2.32. The molecular formula is C14H18ClNO. The number of furan rings is 1. The van der Waals surface area contributed by atoms with Crippen LogP contribution in [-0.2, 0) is 0 Å². The maximum absolute atomic E-state index is 6.09. The van der Waals surface area contributed by atoms with Crippen molar-refractivity contribution in [2.24, 2.45) is 0 Å². The molecule has 2 unspecified atom stereocenters. The standard InChI is InChI=1S/C14H18ClNO/c1-3-16-10(2)13(9-15)11-4-5-14-12(8-11)6-7-17-14/h4-8,10,13,16H,3,9H2,1-2H3. The Morgan fingerprint density at radius 3 is 2.88 bits per heavy atom. The van der Waals surface area contributed by atoms with E-state index >= 15 is 0 Å². The summed E-state index contributed by atoms with van der Waals surface area (Å²) in [6, 6.07) is 8.65. The molecule has 2 nitrogen and oxygen atoms in total. The van der Waals surface area contributed by atoms with E-state index < -0.39 is 0 Å². The molecule has 0 aliphatic rings. The third-order valence-corrected chi connectivity index (χ3v) is 3.53. The van der Waals surface area contributed by atoms with Crippen molar-refractivity contribution >= 4 is 22.6 Å². The summed E-state index contributed by atoms with van der Waals surface area (Å²) in [5, 5.41) is 4.57. The Labute approximate surface area is 107 Å². The highest BCUT2D eigenvalue weighted by molar-refractivity contribution is 6.18. The minimum atomic E-state index is 0.330. The fourth-order valence-electron chi connectivity index (χ4n) is 2.19. The second kappa shape index (κ2) is 5.56. The minimum Gasteiger partial charge on any atom is -0.464 e. The molecule has 92 valence electrons. The van der Waals surface area contributed by atoms with E-state index in [1.807, 2.05) is 12.1 Å². The lowest BCUT2D eigenvalue weighted by atomic mass is 9.93. The van der Waals surface area contributed by atoms with Gasteiger partial charge in [0.05, 0.1) is 6.26 Å². The number of benzene rings is 1. The third-order valence-electron chi connectivity index (χ3n) is 3.20. The Hall–Kier alpha value is -0.990. The summed E-state index contributed by atoms with van der Waals surface area (Å²) in [5.74, 6) is 0.952. The summed E-state index contributed by atoms with van der Waals surface area (Å²) < 4.78 is 5.35. The largest absolute Gasteiger partial charge is 0.464 e. The van der Waals surface area contributed by atoms with Gasteiger partial charge in [-0.1, -0.05) is 13.0 Å². The number of nitrogens with one attached hydrogen (secondary N) is 1. The van der Waals surface area contributed by atoms with Crippen LogP contribution in [0.5, 0.6) is 0 Å². The summed E-state index contributed by atoms with van der Waals surface area (Å²) in [6.07, 6.45) is 1.72. The van der Waals surface area contributed by atoms with Crippen LogP contribution in [-0.4, -0.2) is 18.5 Å². The van der Waals surface area contributed by atoms with Crippen molar-refractivity contribution in [3.8, 4) is 0 Å². The van der Waals surface area contributed by atoms with Crippen molar-refractivity contribution in [1.29, 1.82) is 0 Å². The molecule has 3 heteroatoms. The highest BCUT2D eigenvalue weighted by atomic mass is 35.5. The average molecular weight is 252 g/mol. The van der Waals surface area contributed by atoms with Gasteiger partial charge in [-0.25, -0.2) is 0 Å². The number of likely N-dealkylation sites (N-methyl/N-ethyl adjacent to an activating group) is 1. The predicted octanol–water partition coefficient (Wildman–Crippen LogP) is 3.75. The van der Waals surface area contributed by atoms with Crippen LogP contribution in [0, 0.1) is 0 Å². The molecule has 2 atom stereocenters. The average Bonchev–Trinajstić information content (AvgIpc) is 2.77. The molecule has 1 aromatic carbocycles. The highest BCUT2D eigenvalue weighted by Crippen LogP contribution is 2.26. The van der Waals surface area contributed by atoms with Gasteiger partial charge in [0.15, 0.2) is 0 Å². The van der Waals surface area contributed by atoms with Crippen LogP contribution in [0.4, 0.5) is 0 Å². The van der Waals surface area contributed by atoms with Gasteiger partial charge in [0.2, 0.25) is 0 Å². The Morgan fingerprint density at radius 1 is 1.35 bits per heavy atom. The molecule has 2 rings (SSSR count). The van der Waals surface area contributed by atoms with E-state index in [2.05, 4.69) is 31.3 Å². The molecule has 1 aromatic heterocycles. The molecule has 1 N–H and O–H groups in total. The molecule has 0 amide bonds. The first-order chi connectivity index (χ1) is 8.26. The fraction of sp³-hybridized carbons (Fsp3) is 0.429. The normalized spacial score (nSPS) is 15.0. The molecule has 0 aliphatic heterocycles. The van der Waals surface area contributed by atoms with Crippen LogP contribution in [0.25, 0.3) is 11.0 Å². The molecule has 0 radical (unpaired) electrons. The van der Waals surface area contributed by atoms with E-state index in [0.717, 1.165) is 17.5 Å². The van der Waals surface area contributed by atoms with Crippen LogP contribution >= 0.6 is 11.6 Å². The van der Waals surface area contributed by atoms with E-state index in [4.69, 9.17) is 16.0 Å². The number of rotatable bonds is 5. The maximum Gasteiger partial charge on any atom is 0.133 e. The van der Waals surface area contributed by atoms with Crippen molar-refractivity contribution in [3.63, 3.8) is 0 Å². The molecule has 0 bridgehead atoms. The quantitative estimate of drug-likeness (QED) is 0.819. The second-order valence-electron chi connectivity index (χ2n) is 4.33. The Bertz CT molecular complexity index is 480. The first-order valence-corrected chi connectivity index (χ1v) is 6.56. The Balaban J connectivity index is 2.28. The van der Waals surface area contributed by atoms with Crippen molar-refractivity contribution in [2.75, 3.05) is 12.4 Å². The number of alkyl halides is 1. The van der Waals surface area contributed by atoms with E-state index in [-0.39, 0.29) is 0 Å². The molecule has 0 fully saturated rings. The Kier molecular flexibility index (Phi) is 4.08. The van der Waals surface area contributed by atoms with Gasteiger partial charge in [0.1, 0.15) is 5.58 Å². The van der Waals surface area contributed by atoms with Crippen LogP contribution < -0.4 is 5.32 Å². The van der Waals surface area contributed by atoms with Crippen LogP contribution in [0.1, 0.15) is 25.3 Å². The van der Waals surface area contributed by atoms with Gasteiger partial charge in [0.25, 0.3) is 0 Å². The van der Waals surface area contributed by atoms with Gasteiger partial charge in [-0.05, 0) is 37.2 Å². The zero-order valence-electron chi connectivity index (χ0n) is 10.2. The van der Waals surface area contributed by atoms with Gasteiger partial charge in [-0.2, -0.15) is 0 Å². The summed E-state index contributed by atoms with van der Waals surface area (Å²) >= 11 is 6.09. The summed E-state index contributed by atoms with van der Waals surface area (Å²) in [6.45, 7) is 5.25. The zero-order chi connectivity index (χ0) is 12.3. The lowest BCUT2D eigenvalue weighted by molar-refractivity contribution is 0.498. The van der Waals surface area contributed by atoms with E-state index in [1.54, 1.807) is 6.26 Å². The SMILES string of the molecule is CCNC(C)C(CCl)c1ccc2occc2c1. The summed E-state index contributed by atoms with van der Waals surface area (Å²) in [5.41, 5.74) is 2.19. The van der Waals surface area contributed by atoms with Gasteiger partial charge in [0, 0.05) is 23.2 Å². The van der Waals surface area contributed by atoms with Crippen LogP contribution in [0.3, 0.4) is 0 Å². The highest BCUT2D eigenvalue weighted by Gasteiger charge is 2.18. The monoisotopic (exact) mass is 251 g/mol. The second-order valence-corrected chi connectivity index (χ2v) is 4.63. The molecular weight excluding hydrogens is 234 g/mol. The van der Waals surface area contributed by atoms with E-state index in [1.165, 1.54) is 5.56 Å². The van der Waals surface area contributed by atoms with E-state index in [0.29, 0.717) is 17.8 Å². The molecule has 0 spiro atoms. The molecule has 0 saturated heterocycles. The Morgan fingerprint density at radius 2 is 2.18 bits per heavy atom. The van der Waals surface area contributed by atoms with Crippen molar-refractivity contribution in [2.45, 2.75) is 25.8 Å². The summed E-state index contributed by atoms with van der Waals surface area (Å²) in [4.78, 5) is 0. The maximum atomic E-state index is 6.09. The van der Waals surface area contributed by atoms with Gasteiger partial charge in [-0.3, -0.25) is 0 Å². The predicted molar refractivity (Wildman–Crippen MR) is 72.8 cm³/mol. The number of fused-ring (bicyclic) bond motifs is 1. The topological polar surface area (TPSA) is 25.2 Å². The molecule has 2 aromatic rings. The van der Waals surface area contributed by atoms with Crippen molar-refractivity contribution in [3.05, 3.63) is 36.1 Å². The van der Waals surface area contributed by atoms with Crippen molar-refractivity contribution in [1.82, 2.24) is 5.32 Å². The lowest BCUT2D eigenvalue weighted by Gasteiger charge is -2.23. The van der Waals surface area contributed by atoms with E-state index in [9.17, 15) is 0 Å². The molecule has 0 saturated carbocycles. The van der Waals surface area contributed by atoms with Crippen LogP contribution in [0.15, 0.2) is 34.9 Å². The van der Waals surface area contributed by atoms with Gasteiger partial charge >= 0.3 is 0 Å². The molecule has 17 heavy (non-hydrogen) atoms. The van der Waals surface area contributed by atoms with Gasteiger partial charge < -0.3 is 9.73 Å². The number of hydrogen-bond acceptors (Lipinski definition) is 2. The smallest absolute Gasteiger partial charge is 0.133 e. The number of halogens is 1. The first kappa shape index (κ1) is 12.5. The minimum absolute atomic E-state index is 0.330. The fourth-order valence-corrected chi connectivity index (χ4v) is 2.64. The third kappa shape index (κ3) is 2.64. The first-order valence-electron chi connectivity index (χ1n) is 6.02.